The van der Waals surface area contributed by atoms with Crippen molar-refractivity contribution in [3.63, 3.8) is 0 Å². The summed E-state index contributed by atoms with van der Waals surface area (Å²) < 4.78 is 15.6. The van der Waals surface area contributed by atoms with Gasteiger partial charge < -0.3 is 19.9 Å². The largest absolute Gasteiger partial charge is 0.476 e. The van der Waals surface area contributed by atoms with Crippen LogP contribution in [-0.2, 0) is 16.0 Å². The maximum absolute atomic E-state index is 5.55. The van der Waals surface area contributed by atoms with Crippen molar-refractivity contribution in [3.8, 4) is 5.88 Å². The summed E-state index contributed by atoms with van der Waals surface area (Å²) in [6, 6.07) is 1.80. The number of hydrogen-bond acceptors (Lipinski definition) is 6. The molecule has 0 atom stereocenters. The van der Waals surface area contributed by atoms with Crippen molar-refractivity contribution >= 4 is 0 Å². The van der Waals surface area contributed by atoms with E-state index in [4.69, 9.17) is 19.9 Å². The van der Waals surface area contributed by atoms with Gasteiger partial charge in [-0.3, -0.25) is 0 Å². The van der Waals surface area contributed by atoms with Crippen molar-refractivity contribution in [2.24, 2.45) is 5.73 Å². The van der Waals surface area contributed by atoms with Gasteiger partial charge in [0.05, 0.1) is 26.0 Å². The van der Waals surface area contributed by atoms with Crippen molar-refractivity contribution in [2.75, 3.05) is 33.5 Å². The van der Waals surface area contributed by atoms with Crippen LogP contribution in [0.5, 0.6) is 5.88 Å². The lowest BCUT2D eigenvalue weighted by Gasteiger charge is -2.08. The summed E-state index contributed by atoms with van der Waals surface area (Å²) >= 11 is 0. The summed E-state index contributed by atoms with van der Waals surface area (Å²) in [4.78, 5) is 0. The van der Waals surface area contributed by atoms with Crippen LogP contribution >= 0.6 is 0 Å². The predicted molar refractivity (Wildman–Crippen MR) is 62.7 cm³/mol. The van der Waals surface area contributed by atoms with Crippen LogP contribution in [0, 0.1) is 0 Å². The van der Waals surface area contributed by atoms with Crippen LogP contribution in [0.25, 0.3) is 0 Å². The minimum absolute atomic E-state index is 0.398. The van der Waals surface area contributed by atoms with Crippen molar-refractivity contribution in [1.82, 2.24) is 10.2 Å². The van der Waals surface area contributed by atoms with Gasteiger partial charge in [-0.2, -0.15) is 5.10 Å². The second-order valence-corrected chi connectivity index (χ2v) is 3.37. The standard InChI is InChI=1S/C11H19N3O3/c1-15-7-8-16-5-2-6-17-11-10(9-12)3-4-13-14-11/h3-4H,2,5-9,12H2,1H3. The molecule has 0 spiro atoms. The average Bonchev–Trinajstić information content (AvgIpc) is 2.38. The number of methoxy groups -OCH3 is 1. The van der Waals surface area contributed by atoms with Gasteiger partial charge in [-0.1, -0.05) is 0 Å². The molecule has 0 unspecified atom stereocenters. The molecule has 1 aromatic rings. The molecule has 2 N–H and O–H groups in total. The first-order valence-corrected chi connectivity index (χ1v) is 5.58. The molecule has 0 aliphatic heterocycles. The molecule has 0 saturated carbocycles. The number of hydrogen-bond donors (Lipinski definition) is 1. The third-order valence-electron chi connectivity index (χ3n) is 2.09. The molecule has 0 amide bonds. The van der Waals surface area contributed by atoms with Gasteiger partial charge in [0.1, 0.15) is 0 Å². The Hall–Kier alpha value is -1.24. The highest BCUT2D eigenvalue weighted by Gasteiger charge is 2.02. The van der Waals surface area contributed by atoms with Gasteiger partial charge in [-0.15, -0.1) is 5.10 Å². The van der Waals surface area contributed by atoms with Gasteiger partial charge in [0.15, 0.2) is 0 Å². The molecule has 0 aromatic carbocycles. The van der Waals surface area contributed by atoms with Crippen molar-refractivity contribution in [2.45, 2.75) is 13.0 Å². The number of rotatable bonds is 9. The number of ether oxygens (including phenoxy) is 3. The summed E-state index contributed by atoms with van der Waals surface area (Å²) in [6.07, 6.45) is 2.40. The maximum atomic E-state index is 5.55. The molecule has 0 bridgehead atoms. The van der Waals surface area contributed by atoms with E-state index in [0.29, 0.717) is 38.9 Å². The molecule has 6 nitrogen and oxygen atoms in total. The molecular weight excluding hydrogens is 222 g/mol. The van der Waals surface area contributed by atoms with Gasteiger partial charge in [-0.25, -0.2) is 0 Å². The number of nitrogens with zero attached hydrogens (tertiary/aromatic N) is 2. The van der Waals surface area contributed by atoms with Gasteiger partial charge >= 0.3 is 0 Å². The highest BCUT2D eigenvalue weighted by molar-refractivity contribution is 5.22. The fraction of sp³-hybridized carbons (Fsp3) is 0.636. The Morgan fingerprint density at radius 3 is 2.88 bits per heavy atom. The third-order valence-corrected chi connectivity index (χ3v) is 2.09. The van der Waals surface area contributed by atoms with Crippen LogP contribution < -0.4 is 10.5 Å². The molecule has 0 radical (unpaired) electrons. The van der Waals surface area contributed by atoms with Gasteiger partial charge in [0.2, 0.25) is 5.88 Å². The molecule has 1 heterocycles. The van der Waals surface area contributed by atoms with E-state index in [0.717, 1.165) is 12.0 Å². The Balaban J connectivity index is 2.13. The highest BCUT2D eigenvalue weighted by atomic mass is 16.5. The molecule has 0 fully saturated rings. The molecule has 17 heavy (non-hydrogen) atoms. The summed E-state index contributed by atoms with van der Waals surface area (Å²) in [5.74, 6) is 0.506. The second-order valence-electron chi connectivity index (χ2n) is 3.37. The van der Waals surface area contributed by atoms with Crippen LogP contribution in [-0.4, -0.2) is 43.7 Å². The normalized spacial score (nSPS) is 10.5. The zero-order chi connectivity index (χ0) is 12.3. The fourth-order valence-corrected chi connectivity index (χ4v) is 1.20. The first-order valence-electron chi connectivity index (χ1n) is 5.58. The molecular formula is C11H19N3O3. The van der Waals surface area contributed by atoms with E-state index in [1.54, 1.807) is 19.4 Å². The highest BCUT2D eigenvalue weighted by Crippen LogP contribution is 2.11. The van der Waals surface area contributed by atoms with Crippen LogP contribution in [0.3, 0.4) is 0 Å². The van der Waals surface area contributed by atoms with E-state index in [2.05, 4.69) is 10.2 Å². The SMILES string of the molecule is COCCOCCCOc1nnccc1CN. The van der Waals surface area contributed by atoms with Gasteiger partial charge in [0.25, 0.3) is 0 Å². The van der Waals surface area contributed by atoms with Crippen LogP contribution in [0.1, 0.15) is 12.0 Å². The smallest absolute Gasteiger partial charge is 0.237 e. The molecule has 1 aromatic heterocycles. The molecule has 6 heteroatoms. The Kier molecular flexibility index (Phi) is 7.20. The number of aromatic nitrogens is 2. The summed E-state index contributed by atoms with van der Waals surface area (Å²) in [5.41, 5.74) is 6.41. The predicted octanol–water partition coefficient (Wildman–Crippen LogP) is 0.367. The van der Waals surface area contributed by atoms with E-state index >= 15 is 0 Å². The fourth-order valence-electron chi connectivity index (χ4n) is 1.20. The third kappa shape index (κ3) is 5.58. The summed E-state index contributed by atoms with van der Waals surface area (Å²) in [6.45, 7) is 2.80. The van der Waals surface area contributed by atoms with Crippen LogP contribution in [0.2, 0.25) is 0 Å². The van der Waals surface area contributed by atoms with Crippen molar-refractivity contribution in [3.05, 3.63) is 17.8 Å². The lowest BCUT2D eigenvalue weighted by molar-refractivity contribution is 0.0641. The Morgan fingerprint density at radius 1 is 1.24 bits per heavy atom. The van der Waals surface area contributed by atoms with E-state index in [1.165, 1.54) is 0 Å². The first-order chi connectivity index (χ1) is 8.38. The van der Waals surface area contributed by atoms with E-state index in [-0.39, 0.29) is 0 Å². The second kappa shape index (κ2) is 8.86. The quantitative estimate of drug-likeness (QED) is 0.629. The minimum Gasteiger partial charge on any atom is -0.476 e. The first kappa shape index (κ1) is 13.8. The van der Waals surface area contributed by atoms with E-state index in [9.17, 15) is 0 Å². The van der Waals surface area contributed by atoms with Gasteiger partial charge in [0, 0.05) is 32.2 Å². The molecule has 1 rings (SSSR count). The number of nitrogens with two attached hydrogens (primary N) is 1. The Labute approximate surface area is 101 Å². The zero-order valence-electron chi connectivity index (χ0n) is 10.1. The molecule has 0 aliphatic carbocycles. The molecule has 96 valence electrons. The topological polar surface area (TPSA) is 79.5 Å². The monoisotopic (exact) mass is 241 g/mol. The van der Waals surface area contributed by atoms with Crippen molar-refractivity contribution in [1.29, 1.82) is 0 Å². The summed E-state index contributed by atoms with van der Waals surface area (Å²) in [7, 11) is 1.65. The summed E-state index contributed by atoms with van der Waals surface area (Å²) in [5, 5.41) is 7.64. The maximum Gasteiger partial charge on any atom is 0.237 e. The lowest BCUT2D eigenvalue weighted by Crippen LogP contribution is -2.09. The average molecular weight is 241 g/mol. The molecule has 0 aliphatic rings. The van der Waals surface area contributed by atoms with E-state index < -0.39 is 0 Å². The van der Waals surface area contributed by atoms with Gasteiger partial charge in [-0.05, 0) is 6.07 Å². The van der Waals surface area contributed by atoms with Crippen molar-refractivity contribution < 1.29 is 14.2 Å². The van der Waals surface area contributed by atoms with Crippen LogP contribution in [0.15, 0.2) is 12.3 Å². The molecule has 0 saturated heterocycles. The van der Waals surface area contributed by atoms with Crippen LogP contribution in [0.4, 0.5) is 0 Å². The Bertz CT molecular complexity index is 310. The lowest BCUT2D eigenvalue weighted by atomic mass is 10.3. The Morgan fingerprint density at radius 2 is 2.12 bits per heavy atom. The minimum atomic E-state index is 0.398. The zero-order valence-corrected chi connectivity index (χ0v) is 10.1. The van der Waals surface area contributed by atoms with E-state index in [1.807, 2.05) is 0 Å².